The standard InChI is InChI=1S/C31H42N6O2/c38-31(35-20-24-9-13-32-14-10-24)23-39-22-25-5-7-26(8-6-25)29-19-30(27-21-33-15-11-28(27)36-29)34-12-4-18-37-16-2-1-3-17-37/h5-8,11,15,19,21,24,32H,1-4,9-10,12-14,16-18,20,22-23H2,(H,34,36)(H,35,38). The number of benzene rings is 1. The highest BCUT2D eigenvalue weighted by molar-refractivity contribution is 5.93. The molecule has 8 heteroatoms. The monoisotopic (exact) mass is 530 g/mol. The quantitative estimate of drug-likeness (QED) is 0.302. The number of fused-ring (bicyclic) bond motifs is 1. The number of aromatic nitrogens is 2. The summed E-state index contributed by atoms with van der Waals surface area (Å²) >= 11 is 0. The lowest BCUT2D eigenvalue weighted by molar-refractivity contribution is -0.126. The Hall–Kier alpha value is -3.07. The van der Waals surface area contributed by atoms with Crippen LogP contribution in [0.25, 0.3) is 22.2 Å². The minimum absolute atomic E-state index is 0.0454. The van der Waals surface area contributed by atoms with Gasteiger partial charge in [-0.2, -0.15) is 0 Å². The summed E-state index contributed by atoms with van der Waals surface area (Å²) in [6.45, 7) is 7.84. The van der Waals surface area contributed by atoms with E-state index in [1.165, 1.54) is 32.4 Å². The van der Waals surface area contributed by atoms with Crippen LogP contribution >= 0.6 is 0 Å². The summed E-state index contributed by atoms with van der Waals surface area (Å²) < 4.78 is 5.68. The van der Waals surface area contributed by atoms with Crippen LogP contribution in [0.5, 0.6) is 0 Å². The van der Waals surface area contributed by atoms with Crippen molar-refractivity contribution in [1.29, 1.82) is 0 Å². The van der Waals surface area contributed by atoms with E-state index in [9.17, 15) is 4.79 Å². The molecule has 0 aliphatic carbocycles. The first kappa shape index (κ1) is 27.5. The van der Waals surface area contributed by atoms with Gasteiger partial charge < -0.3 is 25.6 Å². The molecule has 0 saturated carbocycles. The summed E-state index contributed by atoms with van der Waals surface area (Å²) in [7, 11) is 0. The van der Waals surface area contributed by atoms with Gasteiger partial charge in [0.15, 0.2) is 0 Å². The topological polar surface area (TPSA) is 91.4 Å². The van der Waals surface area contributed by atoms with Gasteiger partial charge in [0.2, 0.25) is 5.91 Å². The number of carbonyl (C=O) groups is 1. The third kappa shape index (κ3) is 8.21. The average Bonchev–Trinajstić information content (AvgIpc) is 2.99. The Bertz CT molecular complexity index is 1190. The highest BCUT2D eigenvalue weighted by Gasteiger charge is 2.14. The lowest BCUT2D eigenvalue weighted by atomic mass is 9.98. The van der Waals surface area contributed by atoms with Crippen molar-refractivity contribution >= 4 is 22.5 Å². The molecule has 4 heterocycles. The van der Waals surface area contributed by atoms with Gasteiger partial charge in [-0.3, -0.25) is 9.78 Å². The Morgan fingerprint density at radius 3 is 2.72 bits per heavy atom. The molecule has 3 N–H and O–H groups in total. The van der Waals surface area contributed by atoms with E-state index in [1.807, 2.05) is 24.4 Å². The number of hydrogen-bond donors (Lipinski definition) is 3. The molecule has 2 aliphatic rings. The number of nitrogens with one attached hydrogen (secondary N) is 3. The minimum Gasteiger partial charge on any atom is -0.384 e. The number of ether oxygens (including phenoxy) is 1. The lowest BCUT2D eigenvalue weighted by Gasteiger charge is -2.26. The van der Waals surface area contributed by atoms with Gasteiger partial charge >= 0.3 is 0 Å². The molecule has 2 fully saturated rings. The Morgan fingerprint density at radius 1 is 1.08 bits per heavy atom. The molecular weight excluding hydrogens is 488 g/mol. The first-order chi connectivity index (χ1) is 19.2. The fraction of sp³-hybridized carbons (Fsp3) is 0.516. The summed E-state index contributed by atoms with van der Waals surface area (Å²) in [4.78, 5) is 24.0. The van der Waals surface area contributed by atoms with Crippen molar-refractivity contribution < 1.29 is 9.53 Å². The number of nitrogens with zero attached hydrogens (tertiary/aromatic N) is 3. The average molecular weight is 531 g/mol. The molecule has 2 aromatic heterocycles. The van der Waals surface area contributed by atoms with Gasteiger partial charge in [0.05, 0.1) is 17.8 Å². The van der Waals surface area contributed by atoms with Crippen LogP contribution in [-0.2, 0) is 16.1 Å². The van der Waals surface area contributed by atoms with Gasteiger partial charge in [0, 0.05) is 42.1 Å². The van der Waals surface area contributed by atoms with Crippen molar-refractivity contribution in [3.63, 3.8) is 0 Å². The number of amides is 1. The Labute approximate surface area is 231 Å². The van der Waals surface area contributed by atoms with Crippen LogP contribution in [0.3, 0.4) is 0 Å². The van der Waals surface area contributed by atoms with Crippen LogP contribution < -0.4 is 16.0 Å². The maximum Gasteiger partial charge on any atom is 0.246 e. The highest BCUT2D eigenvalue weighted by Crippen LogP contribution is 2.28. The predicted octanol–water partition coefficient (Wildman–Crippen LogP) is 4.22. The van der Waals surface area contributed by atoms with Gasteiger partial charge in [-0.1, -0.05) is 30.7 Å². The largest absolute Gasteiger partial charge is 0.384 e. The van der Waals surface area contributed by atoms with Crippen molar-refractivity contribution in [2.75, 3.05) is 57.7 Å². The Kier molecular flexibility index (Phi) is 10.1. The van der Waals surface area contributed by atoms with Gasteiger partial charge in [-0.25, -0.2) is 4.98 Å². The number of likely N-dealkylation sites (tertiary alicyclic amines) is 1. The van der Waals surface area contributed by atoms with E-state index in [0.717, 1.165) is 85.4 Å². The molecule has 5 rings (SSSR count). The fourth-order valence-electron chi connectivity index (χ4n) is 5.50. The van der Waals surface area contributed by atoms with Gasteiger partial charge in [0.1, 0.15) is 6.61 Å². The number of carbonyl (C=O) groups excluding carboxylic acids is 1. The molecule has 8 nitrogen and oxygen atoms in total. The van der Waals surface area contributed by atoms with Crippen molar-refractivity contribution in [2.24, 2.45) is 5.92 Å². The van der Waals surface area contributed by atoms with E-state index >= 15 is 0 Å². The molecule has 0 atom stereocenters. The van der Waals surface area contributed by atoms with E-state index < -0.39 is 0 Å². The van der Waals surface area contributed by atoms with Gasteiger partial charge in [-0.15, -0.1) is 0 Å². The highest BCUT2D eigenvalue weighted by atomic mass is 16.5. The van der Waals surface area contributed by atoms with Crippen molar-refractivity contribution in [2.45, 2.75) is 45.1 Å². The van der Waals surface area contributed by atoms with Crippen molar-refractivity contribution in [1.82, 2.24) is 25.5 Å². The second-order valence-electron chi connectivity index (χ2n) is 10.8. The summed E-state index contributed by atoms with van der Waals surface area (Å²) in [6, 6.07) is 12.3. The molecule has 2 saturated heterocycles. The van der Waals surface area contributed by atoms with E-state index in [-0.39, 0.29) is 12.5 Å². The number of hydrogen-bond acceptors (Lipinski definition) is 7. The van der Waals surface area contributed by atoms with E-state index in [1.54, 1.807) is 6.20 Å². The van der Waals surface area contributed by atoms with Crippen molar-refractivity contribution in [3.05, 3.63) is 54.4 Å². The molecule has 0 bridgehead atoms. The molecular formula is C31H42N6O2. The summed E-state index contributed by atoms with van der Waals surface area (Å²) in [5.41, 5.74) is 5.02. The molecule has 3 aromatic rings. The number of rotatable bonds is 12. The lowest BCUT2D eigenvalue weighted by Crippen LogP contribution is -2.37. The maximum atomic E-state index is 12.2. The summed E-state index contributed by atoms with van der Waals surface area (Å²) in [6.07, 6.45) is 11.1. The Balaban J connectivity index is 1.13. The first-order valence-electron chi connectivity index (χ1n) is 14.6. The van der Waals surface area contributed by atoms with Crippen LogP contribution in [0.2, 0.25) is 0 Å². The predicted molar refractivity (Wildman–Crippen MR) is 157 cm³/mol. The Morgan fingerprint density at radius 2 is 1.90 bits per heavy atom. The number of piperidine rings is 2. The molecule has 1 amide bonds. The zero-order chi connectivity index (χ0) is 26.7. The maximum absolute atomic E-state index is 12.2. The zero-order valence-electron chi connectivity index (χ0n) is 23.0. The summed E-state index contributed by atoms with van der Waals surface area (Å²) in [5.74, 6) is 0.522. The van der Waals surface area contributed by atoms with Crippen LogP contribution in [0, 0.1) is 5.92 Å². The van der Waals surface area contributed by atoms with E-state index in [0.29, 0.717) is 12.5 Å². The second-order valence-corrected chi connectivity index (χ2v) is 10.8. The minimum atomic E-state index is -0.0454. The first-order valence-corrected chi connectivity index (χ1v) is 14.6. The third-order valence-corrected chi connectivity index (χ3v) is 7.82. The number of pyridine rings is 2. The second kappa shape index (κ2) is 14.4. The molecule has 1 aromatic carbocycles. The molecule has 0 unspecified atom stereocenters. The van der Waals surface area contributed by atoms with Crippen LogP contribution in [0.4, 0.5) is 5.69 Å². The normalized spacial score (nSPS) is 16.8. The smallest absolute Gasteiger partial charge is 0.246 e. The van der Waals surface area contributed by atoms with E-state index in [2.05, 4.69) is 44.0 Å². The molecule has 39 heavy (non-hydrogen) atoms. The van der Waals surface area contributed by atoms with Gasteiger partial charge in [0.25, 0.3) is 0 Å². The third-order valence-electron chi connectivity index (χ3n) is 7.82. The molecule has 0 spiro atoms. The molecule has 0 radical (unpaired) electrons. The van der Waals surface area contributed by atoms with Gasteiger partial charge in [-0.05, 0) is 88.4 Å². The fourth-order valence-corrected chi connectivity index (χ4v) is 5.50. The molecule has 2 aliphatic heterocycles. The van der Waals surface area contributed by atoms with E-state index in [4.69, 9.17) is 9.72 Å². The zero-order valence-corrected chi connectivity index (χ0v) is 23.0. The number of anilines is 1. The van der Waals surface area contributed by atoms with Crippen molar-refractivity contribution in [3.8, 4) is 11.3 Å². The van der Waals surface area contributed by atoms with Crippen LogP contribution in [-0.4, -0.2) is 73.2 Å². The van der Waals surface area contributed by atoms with Crippen LogP contribution in [0.15, 0.2) is 48.8 Å². The summed E-state index contributed by atoms with van der Waals surface area (Å²) in [5, 5.41) is 11.1. The van der Waals surface area contributed by atoms with Crippen LogP contribution in [0.1, 0.15) is 44.1 Å². The molecule has 208 valence electrons. The SMILES string of the molecule is O=C(COCc1ccc(-c2cc(NCCCN3CCCCC3)c3cnccc3n2)cc1)NCC1CCNCC1.